The van der Waals surface area contributed by atoms with Gasteiger partial charge >= 0.3 is 5.97 Å². The lowest BCUT2D eigenvalue weighted by atomic mass is 9.42. The smallest absolute Gasteiger partial charge is 0.315 e. The van der Waals surface area contributed by atoms with Gasteiger partial charge in [-0.25, -0.2) is 0 Å². The molecule has 0 aromatic heterocycles. The summed E-state index contributed by atoms with van der Waals surface area (Å²) in [6, 6.07) is 0. The molecule has 0 amide bonds. The van der Waals surface area contributed by atoms with Gasteiger partial charge in [-0.15, -0.1) is 0 Å². The Morgan fingerprint density at radius 1 is 1.20 bits per heavy atom. The second-order valence-electron chi connectivity index (χ2n) is 10.2. The molecular weight excluding hydrogens is 316 g/mol. The zero-order chi connectivity index (χ0) is 18.0. The minimum absolute atomic E-state index is 0.0751. The summed E-state index contributed by atoms with van der Waals surface area (Å²) in [5.74, 6) is 1.17. The molecule has 1 N–H and O–H groups in total. The number of methoxy groups -OCH3 is 1. The normalized spacial score (nSPS) is 55.5. The zero-order valence-electron chi connectivity index (χ0n) is 15.6. The number of aliphatic hydroxyl groups is 1. The van der Waals surface area contributed by atoms with E-state index in [1.807, 2.05) is 6.92 Å². The third kappa shape index (κ3) is 1.45. The van der Waals surface area contributed by atoms with Crippen LogP contribution in [-0.4, -0.2) is 24.0 Å². The Kier molecular flexibility index (Phi) is 2.64. The predicted molar refractivity (Wildman–Crippen MR) is 91.6 cm³/mol. The minimum atomic E-state index is -0.878. The molecule has 7 atom stereocenters. The van der Waals surface area contributed by atoms with Crippen LogP contribution in [0.25, 0.3) is 0 Å². The lowest BCUT2D eigenvalue weighted by Crippen LogP contribution is -2.59. The number of esters is 1. The fraction of sp³-hybridized carbons (Fsp3) is 0.810. The number of ether oxygens (including phenoxy) is 1. The monoisotopic (exact) mass is 344 g/mol. The number of aliphatic hydroxyl groups excluding tert-OH is 1. The molecular formula is C21H28O4. The van der Waals surface area contributed by atoms with Crippen LogP contribution in [0.15, 0.2) is 11.3 Å². The molecule has 0 aromatic rings. The van der Waals surface area contributed by atoms with Crippen LogP contribution in [0.1, 0.15) is 59.3 Å². The van der Waals surface area contributed by atoms with E-state index in [1.165, 1.54) is 7.11 Å². The molecule has 2 unspecified atom stereocenters. The maximum atomic E-state index is 13.4. The number of carbonyl (C=O) groups excluding carboxylic acids is 2. The summed E-state index contributed by atoms with van der Waals surface area (Å²) in [6.45, 7) is 6.40. The second-order valence-corrected chi connectivity index (χ2v) is 10.2. The molecule has 0 heterocycles. The van der Waals surface area contributed by atoms with Gasteiger partial charge in [0, 0.05) is 5.41 Å². The molecule has 4 heteroatoms. The van der Waals surface area contributed by atoms with Crippen molar-refractivity contribution in [2.24, 2.45) is 39.4 Å². The maximum absolute atomic E-state index is 13.4. The number of hydrogen-bond acceptors (Lipinski definition) is 4. The first-order valence-electron chi connectivity index (χ1n) is 9.72. The molecule has 0 radical (unpaired) electrons. The van der Waals surface area contributed by atoms with Crippen molar-refractivity contribution in [2.45, 2.75) is 59.3 Å². The van der Waals surface area contributed by atoms with E-state index in [1.54, 1.807) is 0 Å². The van der Waals surface area contributed by atoms with Gasteiger partial charge in [0.05, 0.1) is 12.5 Å². The number of hydrogen-bond donors (Lipinski definition) is 1. The van der Waals surface area contributed by atoms with Crippen LogP contribution >= 0.6 is 0 Å². The van der Waals surface area contributed by atoms with E-state index in [0.717, 1.165) is 38.0 Å². The van der Waals surface area contributed by atoms with Crippen molar-refractivity contribution in [3.8, 4) is 0 Å². The van der Waals surface area contributed by atoms with E-state index in [4.69, 9.17) is 4.74 Å². The Morgan fingerprint density at radius 3 is 2.52 bits per heavy atom. The van der Waals surface area contributed by atoms with E-state index in [2.05, 4.69) is 13.8 Å². The number of fused-ring (bicyclic) bond motifs is 1. The highest BCUT2D eigenvalue weighted by Crippen LogP contribution is 2.84. The Labute approximate surface area is 149 Å². The highest BCUT2D eigenvalue weighted by atomic mass is 16.5. The summed E-state index contributed by atoms with van der Waals surface area (Å²) in [4.78, 5) is 26.1. The summed E-state index contributed by atoms with van der Waals surface area (Å²) in [5.41, 5.74) is -0.526. The van der Waals surface area contributed by atoms with Gasteiger partial charge in [0.2, 0.25) is 5.78 Å². The molecule has 136 valence electrons. The van der Waals surface area contributed by atoms with E-state index in [-0.39, 0.29) is 34.3 Å². The Morgan fingerprint density at radius 2 is 1.92 bits per heavy atom. The first kappa shape index (κ1) is 15.9. The molecule has 4 bridgehead atoms. The van der Waals surface area contributed by atoms with E-state index >= 15 is 0 Å². The van der Waals surface area contributed by atoms with Gasteiger partial charge < -0.3 is 9.84 Å². The van der Waals surface area contributed by atoms with Crippen molar-refractivity contribution in [1.29, 1.82) is 0 Å². The third-order valence-corrected chi connectivity index (χ3v) is 9.31. The highest BCUT2D eigenvalue weighted by Gasteiger charge is 2.80. The van der Waals surface area contributed by atoms with Crippen LogP contribution in [0, 0.1) is 39.4 Å². The lowest BCUT2D eigenvalue weighted by Gasteiger charge is -2.60. The molecule has 6 aliphatic carbocycles. The van der Waals surface area contributed by atoms with E-state index < -0.39 is 5.41 Å². The lowest BCUT2D eigenvalue weighted by molar-refractivity contribution is -0.158. The van der Waals surface area contributed by atoms with Gasteiger partial charge in [-0.05, 0) is 73.2 Å². The molecule has 6 aliphatic rings. The topological polar surface area (TPSA) is 63.6 Å². The number of carbonyl (C=O) groups is 2. The van der Waals surface area contributed by atoms with Crippen molar-refractivity contribution < 1.29 is 19.4 Å². The molecule has 25 heavy (non-hydrogen) atoms. The fourth-order valence-corrected chi connectivity index (χ4v) is 8.27. The Bertz CT molecular complexity index is 753. The van der Waals surface area contributed by atoms with E-state index in [9.17, 15) is 14.7 Å². The Hall–Kier alpha value is -1.32. The second kappa shape index (κ2) is 4.15. The van der Waals surface area contributed by atoms with Crippen LogP contribution < -0.4 is 0 Å². The van der Waals surface area contributed by atoms with Crippen LogP contribution in [-0.2, 0) is 14.3 Å². The van der Waals surface area contributed by atoms with Crippen LogP contribution in [0.3, 0.4) is 0 Å². The first-order valence-corrected chi connectivity index (χ1v) is 9.72. The minimum Gasteiger partial charge on any atom is -0.504 e. The van der Waals surface area contributed by atoms with Crippen LogP contribution in [0.4, 0.5) is 0 Å². The summed E-state index contributed by atoms with van der Waals surface area (Å²) in [6.07, 6.45) is 5.49. The summed E-state index contributed by atoms with van der Waals surface area (Å²) < 4.78 is 5.09. The zero-order valence-corrected chi connectivity index (χ0v) is 15.6. The van der Waals surface area contributed by atoms with Gasteiger partial charge in [-0.3, -0.25) is 9.59 Å². The van der Waals surface area contributed by atoms with Crippen molar-refractivity contribution >= 4 is 11.8 Å². The molecule has 6 rings (SSSR count). The van der Waals surface area contributed by atoms with Crippen molar-refractivity contribution in [2.75, 3.05) is 7.11 Å². The number of ketones is 1. The fourth-order valence-electron chi connectivity index (χ4n) is 8.27. The van der Waals surface area contributed by atoms with Gasteiger partial charge in [-0.2, -0.15) is 0 Å². The predicted octanol–water partition coefficient (Wildman–Crippen LogP) is 3.80. The van der Waals surface area contributed by atoms with E-state index in [0.29, 0.717) is 23.3 Å². The van der Waals surface area contributed by atoms with Crippen molar-refractivity contribution in [3.05, 3.63) is 11.3 Å². The molecule has 5 fully saturated rings. The average molecular weight is 344 g/mol. The standard InChI is InChI=1S/C21H28O4/c1-18-6-5-7-19(2,17(24)25-4)15(18)14(22)16(23)21-9-12-11(8-13(18)21)20(12,3)10-21/h11-13,22H,5-10H2,1-4H3/t11?,12-,13-,18-,19+,20?,21+/m0/s1. The maximum Gasteiger partial charge on any atom is 0.315 e. The van der Waals surface area contributed by atoms with Gasteiger partial charge in [0.15, 0.2) is 5.76 Å². The van der Waals surface area contributed by atoms with Gasteiger partial charge in [0.25, 0.3) is 0 Å². The SMILES string of the molecule is COC(=O)[C@]1(C)CCC[C@]2(C)C1=C(O)C(=O)[C@@]13C[C@H]4C(C[C@H]12)C4(C)C3. The molecule has 5 saturated carbocycles. The average Bonchev–Trinajstić information content (AvgIpc) is 3.02. The van der Waals surface area contributed by atoms with Crippen LogP contribution in [0.5, 0.6) is 0 Å². The summed E-state index contributed by atoms with van der Waals surface area (Å²) >= 11 is 0. The highest BCUT2D eigenvalue weighted by molar-refractivity contribution is 6.02. The summed E-state index contributed by atoms with van der Waals surface area (Å²) in [7, 11) is 1.40. The number of rotatable bonds is 1. The molecule has 0 aliphatic heterocycles. The van der Waals surface area contributed by atoms with Gasteiger partial charge in [0.1, 0.15) is 0 Å². The molecule has 0 saturated heterocycles. The summed E-state index contributed by atoms with van der Waals surface area (Å²) in [5, 5.41) is 11.1. The molecule has 0 aromatic carbocycles. The quantitative estimate of drug-likeness (QED) is 0.735. The largest absolute Gasteiger partial charge is 0.504 e. The molecule has 4 nitrogen and oxygen atoms in total. The Balaban J connectivity index is 1.72. The first-order chi connectivity index (χ1) is 11.6. The number of allylic oxidation sites excluding steroid dienone is 1. The van der Waals surface area contributed by atoms with Crippen molar-refractivity contribution in [3.63, 3.8) is 0 Å². The van der Waals surface area contributed by atoms with Gasteiger partial charge in [-0.1, -0.05) is 20.3 Å². The third-order valence-electron chi connectivity index (χ3n) is 9.31. The van der Waals surface area contributed by atoms with Crippen LogP contribution in [0.2, 0.25) is 0 Å². The number of Topliss-reactive ketones (excluding diaryl/α,β-unsaturated/α-hetero) is 1. The molecule has 1 spiro atoms. The van der Waals surface area contributed by atoms with Crippen molar-refractivity contribution in [1.82, 2.24) is 0 Å².